The van der Waals surface area contributed by atoms with Crippen LogP contribution in [0.4, 0.5) is 0 Å². The van der Waals surface area contributed by atoms with Crippen molar-refractivity contribution in [2.24, 2.45) is 0 Å². The van der Waals surface area contributed by atoms with Crippen LogP contribution in [0.3, 0.4) is 0 Å². The van der Waals surface area contributed by atoms with Crippen LogP contribution in [-0.4, -0.2) is 0 Å². The van der Waals surface area contributed by atoms with Gasteiger partial charge in [0.15, 0.2) is 0 Å². The van der Waals surface area contributed by atoms with E-state index in [-0.39, 0.29) is 63.4 Å². The summed E-state index contributed by atoms with van der Waals surface area (Å²) in [7, 11) is 0. The Kier molecular flexibility index (Phi) is 15.5. The van der Waals surface area contributed by atoms with Gasteiger partial charge in [0.25, 0.3) is 0 Å². The molecule has 0 aliphatic heterocycles. The van der Waals surface area contributed by atoms with Crippen LogP contribution in [0.15, 0.2) is 47.6 Å². The summed E-state index contributed by atoms with van der Waals surface area (Å²) in [6, 6.07) is 0. The van der Waals surface area contributed by atoms with Crippen LogP contribution in [0.1, 0.15) is 12.8 Å². The van der Waals surface area contributed by atoms with E-state index in [0.717, 1.165) is 12.8 Å². The van der Waals surface area contributed by atoms with Gasteiger partial charge in [0.05, 0.1) is 0 Å². The molecule has 0 heterocycles. The summed E-state index contributed by atoms with van der Waals surface area (Å²) in [6.45, 7) is 0. The molecule has 0 aromatic rings. The van der Waals surface area contributed by atoms with Crippen molar-refractivity contribution >= 4 is 0 Å². The van der Waals surface area contributed by atoms with Gasteiger partial charge >= 0.3 is 26.2 Å². The first-order valence-electron chi connectivity index (χ1n) is 4.01. The third-order valence-corrected chi connectivity index (χ3v) is 1.97. The van der Waals surface area contributed by atoms with Gasteiger partial charge < -0.3 is 37.2 Å². The van der Waals surface area contributed by atoms with E-state index >= 15 is 0 Å². The van der Waals surface area contributed by atoms with E-state index < -0.39 is 0 Å². The molecule has 0 radical (unpaired) electrons. The Morgan fingerprint density at radius 1 is 0.800 bits per heavy atom. The van der Waals surface area contributed by atoms with E-state index in [4.69, 9.17) is 0 Å². The predicted octanol–water partition coefficient (Wildman–Crippen LogP) is -6.03. The van der Waals surface area contributed by atoms with E-state index in [0.29, 0.717) is 0 Å². The first-order valence-corrected chi connectivity index (χ1v) is 4.01. The Hall–Kier alpha value is 0.583. The van der Waals surface area contributed by atoms with Gasteiger partial charge in [-0.2, -0.15) is 29.7 Å². The molecule has 0 saturated heterocycles. The van der Waals surface area contributed by atoms with Crippen molar-refractivity contribution in [1.29, 1.82) is 0 Å². The predicted molar refractivity (Wildman–Crippen MR) is 48.0 cm³/mol. The minimum Gasteiger partial charge on any atom is -1.00 e. The molecule has 80 valence electrons. The first kappa shape index (κ1) is 20.9. The molecule has 0 N–H and O–H groups in total. The smallest absolute Gasteiger partial charge is 1.00 e. The normalized spacial score (nSPS) is 14.9. The summed E-state index contributed by atoms with van der Waals surface area (Å²) in [5, 5.41) is 0. The Bertz CT molecular complexity index is 250. The van der Waals surface area contributed by atoms with Crippen molar-refractivity contribution in [3.63, 3.8) is 0 Å². The average Bonchev–Trinajstić information content (AvgIpc) is 2.60. The average molecular weight is 341 g/mol. The zero-order valence-electron chi connectivity index (χ0n) is 8.09. The minimum absolute atomic E-state index is 0. The number of halogens is 3. The molecule has 0 atom stereocenters. The summed E-state index contributed by atoms with van der Waals surface area (Å²) in [6.07, 6.45) is 17.5. The molecule has 0 aromatic heterocycles. The second-order valence-electron chi connectivity index (χ2n) is 2.89. The van der Waals surface area contributed by atoms with Gasteiger partial charge in [-0.1, -0.05) is 12.2 Å². The van der Waals surface area contributed by atoms with Crippen LogP contribution in [-0.2, 0) is 26.2 Å². The first-order chi connectivity index (χ1) is 5.45. The molecule has 2 aliphatic carbocycles. The Morgan fingerprint density at radius 2 is 1.20 bits per heavy atom. The summed E-state index contributed by atoms with van der Waals surface area (Å²) in [5.74, 6) is 0. The zero-order valence-corrected chi connectivity index (χ0v) is 12.8. The summed E-state index contributed by atoms with van der Waals surface area (Å²) < 4.78 is 0. The molecule has 0 fully saturated rings. The third kappa shape index (κ3) is 6.69. The number of hydrogen-bond donors (Lipinski definition) is 0. The molecular weight excluding hydrogens is 330 g/mol. The van der Waals surface area contributed by atoms with Gasteiger partial charge in [0.2, 0.25) is 0 Å². The van der Waals surface area contributed by atoms with Crippen molar-refractivity contribution in [3.8, 4) is 0 Å². The summed E-state index contributed by atoms with van der Waals surface area (Å²) >= 11 is 0. The number of allylic oxidation sites excluding steroid dienone is 8. The van der Waals surface area contributed by atoms with Crippen molar-refractivity contribution in [2.45, 2.75) is 12.8 Å². The quantitative estimate of drug-likeness (QED) is 0.439. The fraction of sp³-hybridized carbons (Fsp3) is 0.182. The van der Waals surface area contributed by atoms with Gasteiger partial charge in [-0.25, -0.2) is 0 Å². The number of rotatable bonds is 2. The van der Waals surface area contributed by atoms with Gasteiger partial charge in [0, 0.05) is 0 Å². The summed E-state index contributed by atoms with van der Waals surface area (Å²) in [4.78, 5) is 0. The van der Waals surface area contributed by atoms with Crippen molar-refractivity contribution in [3.05, 3.63) is 54.0 Å². The minimum atomic E-state index is 0. The van der Waals surface area contributed by atoms with Gasteiger partial charge in [-0.05, 0) is 12.8 Å². The van der Waals surface area contributed by atoms with Crippen LogP contribution in [0, 0.1) is 6.42 Å². The second-order valence-corrected chi connectivity index (χ2v) is 2.89. The molecule has 0 aromatic carbocycles. The SMILES string of the molecule is C1=CCC([CH-]C2=CC=CC2)=C1.[Cl-].[Cl-].[Cl-].[Zr+4]. The van der Waals surface area contributed by atoms with E-state index in [2.05, 4.69) is 42.9 Å². The Labute approximate surface area is 129 Å². The van der Waals surface area contributed by atoms with Crippen LogP contribution in [0.5, 0.6) is 0 Å². The molecule has 2 rings (SSSR count). The number of hydrogen-bond acceptors (Lipinski definition) is 0. The topological polar surface area (TPSA) is 0 Å². The second kappa shape index (κ2) is 11.1. The van der Waals surface area contributed by atoms with Gasteiger partial charge in [-0.15, -0.1) is 12.2 Å². The van der Waals surface area contributed by atoms with Crippen molar-refractivity contribution in [1.82, 2.24) is 0 Å². The molecule has 2 aliphatic rings. The molecule has 4 heteroatoms. The van der Waals surface area contributed by atoms with Crippen molar-refractivity contribution in [2.75, 3.05) is 0 Å². The molecule has 0 saturated carbocycles. The van der Waals surface area contributed by atoms with E-state index in [1.165, 1.54) is 11.1 Å². The van der Waals surface area contributed by atoms with Crippen LogP contribution in [0.25, 0.3) is 0 Å². The monoisotopic (exact) mass is 338 g/mol. The van der Waals surface area contributed by atoms with Crippen LogP contribution in [0.2, 0.25) is 0 Å². The maximum absolute atomic E-state index is 2.28. The van der Waals surface area contributed by atoms with Crippen LogP contribution >= 0.6 is 0 Å². The van der Waals surface area contributed by atoms with Crippen molar-refractivity contribution < 1.29 is 63.4 Å². The molecule has 0 amide bonds. The maximum Gasteiger partial charge on any atom is 4.00 e. The van der Waals surface area contributed by atoms with Gasteiger partial charge in [-0.3, -0.25) is 0 Å². The maximum atomic E-state index is 2.28. The Balaban J connectivity index is -0.000000360. The van der Waals surface area contributed by atoms with E-state index in [1.54, 1.807) is 0 Å². The molecule has 15 heavy (non-hydrogen) atoms. The van der Waals surface area contributed by atoms with Gasteiger partial charge in [0.1, 0.15) is 0 Å². The largest absolute Gasteiger partial charge is 4.00 e. The molecule has 0 nitrogen and oxygen atoms in total. The summed E-state index contributed by atoms with van der Waals surface area (Å²) in [5.41, 5.74) is 2.86. The molecule has 0 spiro atoms. The van der Waals surface area contributed by atoms with E-state index in [1.807, 2.05) is 0 Å². The fourth-order valence-electron chi connectivity index (χ4n) is 1.38. The third-order valence-electron chi connectivity index (χ3n) is 1.97. The molecular formula is C11H11Cl3Zr. The molecule has 0 unspecified atom stereocenters. The Morgan fingerprint density at radius 3 is 1.47 bits per heavy atom. The molecule has 0 bridgehead atoms. The fourth-order valence-corrected chi connectivity index (χ4v) is 1.38. The van der Waals surface area contributed by atoms with E-state index in [9.17, 15) is 0 Å². The zero-order chi connectivity index (χ0) is 7.52. The van der Waals surface area contributed by atoms with Crippen LogP contribution < -0.4 is 37.2 Å². The standard InChI is InChI=1S/C11H11.3ClH.Zr/c1-2-6-10(5-1)9-11-7-3-4-8-11;;;;/h1-5,7,9H,6,8H2;3*1H;/q-1;;;;+4/p-3.